The largest absolute Gasteiger partial charge is 0.325 e. The van der Waals surface area contributed by atoms with Gasteiger partial charge in [-0.15, -0.1) is 11.8 Å². The fraction of sp³-hybridized carbons (Fsp3) is 0.167. The number of carbonyl (C=O) groups excluding carboxylic acids is 2. The zero-order valence-electron chi connectivity index (χ0n) is 17.0. The summed E-state index contributed by atoms with van der Waals surface area (Å²) in [6.45, 7) is 5.62. The number of nitrogens with one attached hydrogen (secondary N) is 2. The van der Waals surface area contributed by atoms with E-state index in [1.165, 1.54) is 11.8 Å². The highest BCUT2D eigenvalue weighted by atomic mass is 35.5. The first-order valence-corrected chi connectivity index (χ1v) is 10.8. The summed E-state index contributed by atoms with van der Waals surface area (Å²) in [5.74, 6) is -0.266. The fourth-order valence-corrected chi connectivity index (χ4v) is 4.01. The van der Waals surface area contributed by atoms with Gasteiger partial charge in [-0.3, -0.25) is 9.59 Å². The summed E-state index contributed by atoms with van der Waals surface area (Å²) in [5.41, 5.74) is 3.79. The van der Waals surface area contributed by atoms with E-state index in [4.69, 9.17) is 11.6 Å². The van der Waals surface area contributed by atoms with E-state index >= 15 is 0 Å². The van der Waals surface area contributed by atoms with Crippen LogP contribution in [0.15, 0.2) is 71.6 Å². The molecule has 3 rings (SSSR count). The summed E-state index contributed by atoms with van der Waals surface area (Å²) in [6.07, 6.45) is 0. The molecule has 1 unspecified atom stereocenters. The van der Waals surface area contributed by atoms with Crippen LogP contribution >= 0.6 is 23.4 Å². The van der Waals surface area contributed by atoms with Crippen molar-refractivity contribution in [1.82, 2.24) is 0 Å². The molecular weight excluding hydrogens is 416 g/mol. The summed E-state index contributed by atoms with van der Waals surface area (Å²) in [6, 6.07) is 20.4. The van der Waals surface area contributed by atoms with Crippen LogP contribution in [-0.4, -0.2) is 17.1 Å². The van der Waals surface area contributed by atoms with E-state index < -0.39 is 0 Å². The number of aryl methyl sites for hydroxylation is 1. The molecule has 0 aliphatic carbocycles. The monoisotopic (exact) mass is 438 g/mol. The minimum absolute atomic E-state index is 0.111. The minimum atomic E-state index is -0.328. The van der Waals surface area contributed by atoms with Gasteiger partial charge in [0, 0.05) is 26.9 Å². The van der Waals surface area contributed by atoms with Crippen LogP contribution in [0.3, 0.4) is 0 Å². The number of anilines is 2. The Bertz CT molecular complexity index is 1080. The van der Waals surface area contributed by atoms with Gasteiger partial charge in [0.25, 0.3) is 5.91 Å². The summed E-state index contributed by atoms with van der Waals surface area (Å²) in [4.78, 5) is 26.1. The normalized spacial score (nSPS) is 11.6. The summed E-state index contributed by atoms with van der Waals surface area (Å²) in [7, 11) is 0. The quantitative estimate of drug-likeness (QED) is 0.442. The first-order chi connectivity index (χ1) is 14.3. The van der Waals surface area contributed by atoms with Crippen molar-refractivity contribution < 1.29 is 9.59 Å². The van der Waals surface area contributed by atoms with Crippen LogP contribution in [-0.2, 0) is 4.79 Å². The van der Waals surface area contributed by atoms with E-state index in [1.54, 1.807) is 12.1 Å². The average molecular weight is 439 g/mol. The SMILES string of the molecule is Cc1ccccc1C(=O)Nc1cccc(SC(C)C(=O)Nc2cccc(Cl)c2C)c1. The fourth-order valence-electron chi connectivity index (χ4n) is 2.91. The molecule has 3 aromatic carbocycles. The molecule has 0 spiro atoms. The maximum Gasteiger partial charge on any atom is 0.255 e. The molecule has 6 heteroatoms. The van der Waals surface area contributed by atoms with Crippen LogP contribution in [0.5, 0.6) is 0 Å². The second kappa shape index (κ2) is 9.83. The van der Waals surface area contributed by atoms with Gasteiger partial charge in [-0.05, 0) is 68.3 Å². The van der Waals surface area contributed by atoms with Crippen molar-refractivity contribution in [2.75, 3.05) is 10.6 Å². The third-order valence-electron chi connectivity index (χ3n) is 4.69. The minimum Gasteiger partial charge on any atom is -0.325 e. The summed E-state index contributed by atoms with van der Waals surface area (Å²) >= 11 is 7.55. The predicted octanol–water partition coefficient (Wildman–Crippen LogP) is 6.33. The van der Waals surface area contributed by atoms with Crippen LogP contribution in [0, 0.1) is 13.8 Å². The molecule has 4 nitrogen and oxygen atoms in total. The third kappa shape index (κ3) is 5.43. The highest BCUT2D eigenvalue weighted by Crippen LogP contribution is 2.28. The molecule has 0 aromatic heterocycles. The lowest BCUT2D eigenvalue weighted by atomic mass is 10.1. The van der Waals surface area contributed by atoms with E-state index in [1.807, 2.05) is 75.4 Å². The van der Waals surface area contributed by atoms with Crippen molar-refractivity contribution in [1.29, 1.82) is 0 Å². The van der Waals surface area contributed by atoms with Gasteiger partial charge in [0.05, 0.1) is 5.25 Å². The van der Waals surface area contributed by atoms with Gasteiger partial charge in [-0.2, -0.15) is 0 Å². The Labute approximate surface area is 186 Å². The Kier molecular flexibility index (Phi) is 7.19. The Balaban J connectivity index is 1.65. The predicted molar refractivity (Wildman–Crippen MR) is 126 cm³/mol. The van der Waals surface area contributed by atoms with Gasteiger partial charge in [0.2, 0.25) is 5.91 Å². The molecule has 2 N–H and O–H groups in total. The van der Waals surface area contributed by atoms with Crippen molar-refractivity contribution in [3.63, 3.8) is 0 Å². The van der Waals surface area contributed by atoms with E-state index in [9.17, 15) is 9.59 Å². The number of hydrogen-bond donors (Lipinski definition) is 2. The van der Waals surface area contributed by atoms with Gasteiger partial charge in [-0.1, -0.05) is 41.9 Å². The molecule has 3 aromatic rings. The Morgan fingerprint density at radius 2 is 1.67 bits per heavy atom. The van der Waals surface area contributed by atoms with Crippen molar-refractivity contribution in [3.05, 3.63) is 88.4 Å². The van der Waals surface area contributed by atoms with Crippen LogP contribution < -0.4 is 10.6 Å². The third-order valence-corrected chi connectivity index (χ3v) is 6.19. The molecule has 1 atom stereocenters. The van der Waals surface area contributed by atoms with Gasteiger partial charge in [0.15, 0.2) is 0 Å². The molecule has 0 fully saturated rings. The Morgan fingerprint density at radius 1 is 0.933 bits per heavy atom. The molecule has 0 aliphatic heterocycles. The van der Waals surface area contributed by atoms with Crippen LogP contribution in [0.2, 0.25) is 5.02 Å². The van der Waals surface area contributed by atoms with Crippen molar-refractivity contribution in [2.45, 2.75) is 30.9 Å². The maximum absolute atomic E-state index is 12.6. The standard InChI is InChI=1S/C24H23ClN2O2S/c1-15-8-4-5-11-20(15)24(29)26-18-9-6-10-19(14-18)30-17(3)23(28)27-22-13-7-12-21(25)16(22)2/h4-14,17H,1-3H3,(H,26,29)(H,27,28). The highest BCUT2D eigenvalue weighted by molar-refractivity contribution is 8.00. The van der Waals surface area contributed by atoms with Gasteiger partial charge >= 0.3 is 0 Å². The number of hydrogen-bond acceptors (Lipinski definition) is 3. The molecule has 0 heterocycles. The van der Waals surface area contributed by atoms with Crippen molar-refractivity contribution in [3.8, 4) is 0 Å². The van der Waals surface area contributed by atoms with Crippen molar-refractivity contribution in [2.24, 2.45) is 0 Å². The number of amides is 2. The molecule has 0 radical (unpaired) electrons. The van der Waals surface area contributed by atoms with Crippen molar-refractivity contribution >= 4 is 46.6 Å². The topological polar surface area (TPSA) is 58.2 Å². The Morgan fingerprint density at radius 3 is 2.43 bits per heavy atom. The second-order valence-corrected chi connectivity index (χ2v) is 8.78. The number of benzene rings is 3. The second-order valence-electron chi connectivity index (χ2n) is 6.96. The highest BCUT2D eigenvalue weighted by Gasteiger charge is 2.16. The molecule has 0 saturated carbocycles. The van der Waals surface area contributed by atoms with E-state index in [0.29, 0.717) is 22.0 Å². The zero-order valence-corrected chi connectivity index (χ0v) is 18.6. The van der Waals surface area contributed by atoms with Crippen LogP contribution in [0.1, 0.15) is 28.4 Å². The van der Waals surface area contributed by atoms with Gasteiger partial charge < -0.3 is 10.6 Å². The van der Waals surface area contributed by atoms with Crippen LogP contribution in [0.25, 0.3) is 0 Å². The smallest absolute Gasteiger partial charge is 0.255 e. The van der Waals surface area contributed by atoms with Crippen LogP contribution in [0.4, 0.5) is 11.4 Å². The van der Waals surface area contributed by atoms with Gasteiger partial charge in [0.1, 0.15) is 0 Å². The Hall–Kier alpha value is -2.76. The van der Waals surface area contributed by atoms with E-state index in [-0.39, 0.29) is 17.1 Å². The van der Waals surface area contributed by atoms with Gasteiger partial charge in [-0.25, -0.2) is 0 Å². The summed E-state index contributed by atoms with van der Waals surface area (Å²) < 4.78 is 0. The molecule has 2 amide bonds. The summed E-state index contributed by atoms with van der Waals surface area (Å²) in [5, 5.41) is 6.15. The molecular formula is C24H23ClN2O2S. The maximum atomic E-state index is 12.6. The lowest BCUT2D eigenvalue weighted by Crippen LogP contribution is -2.22. The number of halogens is 1. The number of carbonyl (C=O) groups is 2. The molecule has 0 bridgehead atoms. The molecule has 0 aliphatic rings. The number of thioether (sulfide) groups is 1. The molecule has 154 valence electrons. The first kappa shape index (κ1) is 21.9. The lowest BCUT2D eigenvalue weighted by Gasteiger charge is -2.15. The lowest BCUT2D eigenvalue weighted by molar-refractivity contribution is -0.115. The average Bonchev–Trinajstić information content (AvgIpc) is 2.72. The van der Waals surface area contributed by atoms with E-state index in [0.717, 1.165) is 16.0 Å². The zero-order chi connectivity index (χ0) is 21.7. The van der Waals surface area contributed by atoms with E-state index in [2.05, 4.69) is 10.6 Å². The molecule has 0 saturated heterocycles. The number of rotatable bonds is 6. The molecule has 30 heavy (non-hydrogen) atoms. The first-order valence-electron chi connectivity index (χ1n) is 9.55.